The molecule has 98 valence electrons. The highest BCUT2D eigenvalue weighted by Crippen LogP contribution is 2.19. The van der Waals surface area contributed by atoms with Crippen molar-refractivity contribution in [2.24, 2.45) is 0 Å². The Balaban J connectivity index is 2.33. The van der Waals surface area contributed by atoms with E-state index in [9.17, 15) is 13.6 Å². The van der Waals surface area contributed by atoms with E-state index in [1.165, 1.54) is 19.1 Å². The third kappa shape index (κ3) is 2.70. The maximum absolute atomic E-state index is 13.8. The number of halogens is 2. The molecule has 0 aliphatic rings. The molecular formula is C14H12F2N2O. The molecule has 0 unspecified atom stereocenters. The Morgan fingerprint density at radius 1 is 1.21 bits per heavy atom. The minimum atomic E-state index is -0.899. The number of aryl methyl sites for hydroxylation is 1. The molecule has 0 saturated heterocycles. The van der Waals surface area contributed by atoms with Crippen LogP contribution in [0.3, 0.4) is 0 Å². The molecule has 2 aromatic carbocycles. The van der Waals surface area contributed by atoms with Crippen molar-refractivity contribution in [2.75, 3.05) is 11.1 Å². The summed E-state index contributed by atoms with van der Waals surface area (Å²) in [5.41, 5.74) is 6.00. The number of benzene rings is 2. The van der Waals surface area contributed by atoms with Crippen LogP contribution in [0.25, 0.3) is 0 Å². The summed E-state index contributed by atoms with van der Waals surface area (Å²) < 4.78 is 27.3. The summed E-state index contributed by atoms with van der Waals surface area (Å²) in [6.07, 6.45) is 0. The number of rotatable bonds is 2. The summed E-state index contributed by atoms with van der Waals surface area (Å²) in [5.74, 6) is -2.60. The fourth-order valence-corrected chi connectivity index (χ4v) is 1.67. The number of hydrogen-bond donors (Lipinski definition) is 2. The maximum atomic E-state index is 13.8. The molecule has 0 aliphatic carbocycles. The highest BCUT2D eigenvalue weighted by Gasteiger charge is 2.19. The Hall–Kier alpha value is -2.43. The molecule has 1 amide bonds. The molecule has 0 fully saturated rings. The Kier molecular flexibility index (Phi) is 3.46. The molecule has 0 aliphatic heterocycles. The van der Waals surface area contributed by atoms with Crippen molar-refractivity contribution in [3.8, 4) is 0 Å². The second-order valence-corrected chi connectivity index (χ2v) is 4.13. The largest absolute Gasteiger partial charge is 0.399 e. The van der Waals surface area contributed by atoms with Crippen molar-refractivity contribution in [1.29, 1.82) is 0 Å². The van der Waals surface area contributed by atoms with Gasteiger partial charge >= 0.3 is 0 Å². The van der Waals surface area contributed by atoms with Gasteiger partial charge in [0.1, 0.15) is 17.2 Å². The molecule has 5 heteroatoms. The minimum Gasteiger partial charge on any atom is -0.399 e. The van der Waals surface area contributed by atoms with Crippen LogP contribution in [0.2, 0.25) is 0 Å². The van der Waals surface area contributed by atoms with E-state index < -0.39 is 23.1 Å². The molecule has 0 heterocycles. The molecule has 0 spiro atoms. The van der Waals surface area contributed by atoms with Gasteiger partial charge in [-0.15, -0.1) is 0 Å². The molecule has 0 aromatic heterocycles. The van der Waals surface area contributed by atoms with Gasteiger partial charge in [0.25, 0.3) is 5.91 Å². The first-order valence-corrected chi connectivity index (χ1v) is 5.60. The van der Waals surface area contributed by atoms with E-state index in [2.05, 4.69) is 5.32 Å². The van der Waals surface area contributed by atoms with Crippen molar-refractivity contribution in [1.82, 2.24) is 0 Å². The lowest BCUT2D eigenvalue weighted by molar-refractivity contribution is 0.101. The van der Waals surface area contributed by atoms with Gasteiger partial charge in [-0.05, 0) is 36.8 Å². The summed E-state index contributed by atoms with van der Waals surface area (Å²) in [7, 11) is 0. The van der Waals surface area contributed by atoms with Gasteiger partial charge in [0.15, 0.2) is 0 Å². The van der Waals surface area contributed by atoms with Gasteiger partial charge in [-0.1, -0.05) is 12.1 Å². The van der Waals surface area contributed by atoms with Gasteiger partial charge in [0.05, 0.1) is 0 Å². The Bertz CT molecular complexity index is 641. The third-order valence-corrected chi connectivity index (χ3v) is 2.66. The smallest absolute Gasteiger partial charge is 0.261 e. The van der Waals surface area contributed by atoms with Gasteiger partial charge in [-0.25, -0.2) is 8.78 Å². The predicted octanol–water partition coefficient (Wildman–Crippen LogP) is 3.11. The van der Waals surface area contributed by atoms with E-state index >= 15 is 0 Å². The Labute approximate surface area is 109 Å². The van der Waals surface area contributed by atoms with Crippen LogP contribution < -0.4 is 11.1 Å². The average Bonchev–Trinajstić information content (AvgIpc) is 2.34. The lowest BCUT2D eigenvalue weighted by atomic mass is 10.1. The predicted molar refractivity (Wildman–Crippen MR) is 69.9 cm³/mol. The maximum Gasteiger partial charge on any atom is 0.261 e. The van der Waals surface area contributed by atoms with E-state index in [1.54, 1.807) is 18.2 Å². The van der Waals surface area contributed by atoms with Crippen molar-refractivity contribution in [3.63, 3.8) is 0 Å². The van der Waals surface area contributed by atoms with E-state index in [1.807, 2.05) is 0 Å². The number of hydrogen-bond acceptors (Lipinski definition) is 2. The SMILES string of the molecule is Cc1ccc(F)c(C(=O)Nc2cccc(N)c2)c1F. The molecule has 0 atom stereocenters. The molecule has 3 N–H and O–H groups in total. The normalized spacial score (nSPS) is 10.3. The van der Waals surface area contributed by atoms with Crippen molar-refractivity contribution < 1.29 is 13.6 Å². The Morgan fingerprint density at radius 3 is 2.63 bits per heavy atom. The third-order valence-electron chi connectivity index (χ3n) is 2.66. The number of anilines is 2. The summed E-state index contributed by atoms with van der Waals surface area (Å²) >= 11 is 0. The molecule has 0 radical (unpaired) electrons. The first-order valence-electron chi connectivity index (χ1n) is 5.60. The van der Waals surface area contributed by atoms with E-state index in [-0.39, 0.29) is 5.56 Å². The zero-order valence-electron chi connectivity index (χ0n) is 10.2. The van der Waals surface area contributed by atoms with E-state index in [0.717, 1.165) is 6.07 Å². The van der Waals surface area contributed by atoms with E-state index in [4.69, 9.17) is 5.73 Å². The van der Waals surface area contributed by atoms with Crippen LogP contribution >= 0.6 is 0 Å². The molecule has 2 aromatic rings. The summed E-state index contributed by atoms with van der Waals surface area (Å²) in [6, 6.07) is 8.70. The lowest BCUT2D eigenvalue weighted by Gasteiger charge is -2.09. The standard InChI is InChI=1S/C14H12F2N2O/c1-8-5-6-11(15)12(13(8)16)14(19)18-10-4-2-3-9(17)7-10/h2-7H,17H2,1H3,(H,18,19). The number of carbonyl (C=O) groups excluding carboxylic acids is 1. The number of amides is 1. The second-order valence-electron chi connectivity index (χ2n) is 4.13. The average molecular weight is 262 g/mol. The van der Waals surface area contributed by atoms with Gasteiger partial charge in [0, 0.05) is 11.4 Å². The minimum absolute atomic E-state index is 0.208. The molecule has 3 nitrogen and oxygen atoms in total. The van der Waals surface area contributed by atoms with Crippen LogP contribution in [0.15, 0.2) is 36.4 Å². The lowest BCUT2D eigenvalue weighted by Crippen LogP contribution is -2.16. The van der Waals surface area contributed by atoms with Crippen LogP contribution in [-0.2, 0) is 0 Å². The van der Waals surface area contributed by atoms with Crippen LogP contribution in [0, 0.1) is 18.6 Å². The summed E-state index contributed by atoms with van der Waals surface area (Å²) in [4.78, 5) is 11.9. The van der Waals surface area contributed by atoms with Gasteiger partial charge < -0.3 is 11.1 Å². The van der Waals surface area contributed by atoms with E-state index in [0.29, 0.717) is 11.4 Å². The molecular weight excluding hydrogens is 250 g/mol. The van der Waals surface area contributed by atoms with Crippen molar-refractivity contribution in [3.05, 3.63) is 59.2 Å². The highest BCUT2D eigenvalue weighted by molar-refractivity contribution is 6.05. The topological polar surface area (TPSA) is 55.1 Å². The monoisotopic (exact) mass is 262 g/mol. The van der Waals surface area contributed by atoms with Crippen molar-refractivity contribution >= 4 is 17.3 Å². The fourth-order valence-electron chi connectivity index (χ4n) is 1.67. The first kappa shape index (κ1) is 13.0. The first-order chi connectivity index (χ1) is 8.99. The quantitative estimate of drug-likeness (QED) is 0.817. The van der Waals surface area contributed by atoms with Crippen LogP contribution in [-0.4, -0.2) is 5.91 Å². The second kappa shape index (κ2) is 5.06. The van der Waals surface area contributed by atoms with Crippen molar-refractivity contribution in [2.45, 2.75) is 6.92 Å². The van der Waals surface area contributed by atoms with Gasteiger partial charge in [0.2, 0.25) is 0 Å². The molecule has 0 saturated carbocycles. The number of carbonyl (C=O) groups is 1. The summed E-state index contributed by atoms with van der Waals surface area (Å²) in [5, 5.41) is 2.41. The highest BCUT2D eigenvalue weighted by atomic mass is 19.1. The Morgan fingerprint density at radius 2 is 1.95 bits per heavy atom. The molecule has 2 rings (SSSR count). The number of nitrogens with two attached hydrogens (primary N) is 1. The number of nitrogen functional groups attached to an aromatic ring is 1. The molecule has 0 bridgehead atoms. The summed E-state index contributed by atoms with van der Waals surface area (Å²) in [6.45, 7) is 1.46. The number of nitrogens with one attached hydrogen (secondary N) is 1. The van der Waals surface area contributed by atoms with Gasteiger partial charge in [-0.2, -0.15) is 0 Å². The van der Waals surface area contributed by atoms with Crippen LogP contribution in [0.1, 0.15) is 15.9 Å². The zero-order chi connectivity index (χ0) is 14.0. The van der Waals surface area contributed by atoms with Crippen LogP contribution in [0.5, 0.6) is 0 Å². The molecule has 19 heavy (non-hydrogen) atoms. The fraction of sp³-hybridized carbons (Fsp3) is 0.0714. The van der Waals surface area contributed by atoms with Crippen LogP contribution in [0.4, 0.5) is 20.2 Å². The zero-order valence-corrected chi connectivity index (χ0v) is 10.2. The van der Waals surface area contributed by atoms with Gasteiger partial charge in [-0.3, -0.25) is 4.79 Å².